The van der Waals surface area contributed by atoms with Gasteiger partial charge in [0.1, 0.15) is 11.5 Å². The van der Waals surface area contributed by atoms with Crippen LogP contribution < -0.4 is 4.90 Å². The molecule has 0 N–H and O–H groups in total. The molecule has 16 heteroatoms. The standard InChI is InChI=1S/C25H18BrF8N3O3S/c26-19-10-21(35-11-20(19)28)23(38)37-16(9-6-14-4-7-15(27)8-5-14)12-36(41(39,40)25(32,33)34)13-17-18(24(29,30)31)2-1-3-22(17)37/h1-5,7-8,10-11,16H,6,9,12-13H2. The van der Waals surface area contributed by atoms with Crippen molar-refractivity contribution in [2.45, 2.75) is 37.1 Å². The molecular weight excluding hydrogens is 654 g/mol. The molecule has 1 amide bonds. The van der Waals surface area contributed by atoms with Crippen molar-refractivity contribution in [1.29, 1.82) is 0 Å². The summed E-state index contributed by atoms with van der Waals surface area (Å²) < 4.78 is 135. The lowest BCUT2D eigenvalue weighted by atomic mass is 10.0. The van der Waals surface area contributed by atoms with Gasteiger partial charge in [0, 0.05) is 24.3 Å². The molecule has 4 rings (SSSR count). The average molecular weight is 672 g/mol. The first-order valence-corrected chi connectivity index (χ1v) is 13.9. The van der Waals surface area contributed by atoms with E-state index in [0.29, 0.717) is 17.8 Å². The molecule has 0 saturated carbocycles. The first-order valence-electron chi connectivity index (χ1n) is 11.6. The number of aromatic nitrogens is 1. The van der Waals surface area contributed by atoms with Gasteiger partial charge in [-0.3, -0.25) is 4.79 Å². The number of anilines is 1. The second kappa shape index (κ2) is 11.3. The summed E-state index contributed by atoms with van der Waals surface area (Å²) in [4.78, 5) is 18.2. The van der Waals surface area contributed by atoms with Crippen LogP contribution in [-0.2, 0) is 29.2 Å². The summed E-state index contributed by atoms with van der Waals surface area (Å²) >= 11 is 2.89. The van der Waals surface area contributed by atoms with E-state index in [4.69, 9.17) is 0 Å². The van der Waals surface area contributed by atoms with Crippen LogP contribution in [-0.4, -0.2) is 41.7 Å². The number of benzene rings is 2. The van der Waals surface area contributed by atoms with Crippen LogP contribution in [0.1, 0.15) is 33.6 Å². The molecule has 0 spiro atoms. The number of amides is 1. The van der Waals surface area contributed by atoms with Gasteiger partial charge in [0.05, 0.1) is 22.3 Å². The first kappa shape index (κ1) is 30.8. The van der Waals surface area contributed by atoms with E-state index >= 15 is 0 Å². The third kappa shape index (κ3) is 6.38. The Morgan fingerprint density at radius 2 is 1.68 bits per heavy atom. The van der Waals surface area contributed by atoms with Crippen molar-refractivity contribution in [3.05, 3.63) is 93.2 Å². The minimum Gasteiger partial charge on any atom is -0.302 e. The highest BCUT2D eigenvalue weighted by molar-refractivity contribution is 9.10. The van der Waals surface area contributed by atoms with Gasteiger partial charge in [0.2, 0.25) is 0 Å². The third-order valence-corrected chi connectivity index (χ3v) is 8.54. The van der Waals surface area contributed by atoms with Crippen molar-refractivity contribution in [2.75, 3.05) is 11.4 Å². The largest absolute Gasteiger partial charge is 0.511 e. The number of fused-ring (bicyclic) bond motifs is 1. The molecule has 0 fully saturated rings. The van der Waals surface area contributed by atoms with Gasteiger partial charge < -0.3 is 4.90 Å². The molecule has 0 radical (unpaired) electrons. The van der Waals surface area contributed by atoms with Crippen molar-refractivity contribution in [3.8, 4) is 0 Å². The van der Waals surface area contributed by atoms with Gasteiger partial charge in [0.15, 0.2) is 5.82 Å². The van der Waals surface area contributed by atoms with Crippen molar-refractivity contribution < 1.29 is 48.3 Å². The number of alkyl halides is 6. The summed E-state index contributed by atoms with van der Waals surface area (Å²) in [5.74, 6) is -2.56. The molecular formula is C25H18BrF8N3O3S. The minimum absolute atomic E-state index is 0.0243. The van der Waals surface area contributed by atoms with Crippen LogP contribution in [0.25, 0.3) is 0 Å². The Morgan fingerprint density at radius 1 is 1.02 bits per heavy atom. The molecule has 0 bridgehead atoms. The summed E-state index contributed by atoms with van der Waals surface area (Å²) in [6, 6.07) is 6.96. The normalized spacial score (nSPS) is 16.8. The van der Waals surface area contributed by atoms with Gasteiger partial charge in [-0.25, -0.2) is 22.2 Å². The fourth-order valence-electron chi connectivity index (χ4n) is 4.45. The lowest BCUT2D eigenvalue weighted by Gasteiger charge is -2.32. The zero-order valence-corrected chi connectivity index (χ0v) is 22.9. The Hall–Kier alpha value is -3.11. The summed E-state index contributed by atoms with van der Waals surface area (Å²) in [7, 11) is -6.17. The number of rotatable bonds is 5. The lowest BCUT2D eigenvalue weighted by molar-refractivity contribution is -0.138. The van der Waals surface area contributed by atoms with Crippen LogP contribution in [0, 0.1) is 11.6 Å². The molecule has 0 saturated heterocycles. The van der Waals surface area contributed by atoms with Gasteiger partial charge in [-0.1, -0.05) is 18.2 Å². The molecule has 2 aromatic carbocycles. The Morgan fingerprint density at radius 3 is 2.27 bits per heavy atom. The monoisotopic (exact) mass is 671 g/mol. The van der Waals surface area contributed by atoms with E-state index in [2.05, 4.69) is 20.9 Å². The van der Waals surface area contributed by atoms with E-state index in [-0.39, 0.29) is 21.6 Å². The SMILES string of the molecule is O=C(c1cc(Br)c(F)cn1)N1c2cccc(C(F)(F)F)c2CN(S(=O)(=O)C(F)(F)F)CC1CCc1ccc(F)cc1. The maximum atomic E-state index is 14.0. The molecule has 1 aromatic heterocycles. The molecule has 1 atom stereocenters. The predicted octanol–water partition coefficient (Wildman–Crippen LogP) is 6.45. The highest BCUT2D eigenvalue weighted by Gasteiger charge is 2.52. The fraction of sp³-hybridized carbons (Fsp3) is 0.280. The smallest absolute Gasteiger partial charge is 0.302 e. The fourth-order valence-corrected chi connectivity index (χ4v) is 5.73. The van der Waals surface area contributed by atoms with E-state index in [1.807, 2.05) is 0 Å². The third-order valence-electron chi connectivity index (χ3n) is 6.39. The van der Waals surface area contributed by atoms with E-state index in [1.54, 1.807) is 0 Å². The average Bonchev–Trinajstić information content (AvgIpc) is 3.05. The molecule has 1 aliphatic heterocycles. The highest BCUT2D eigenvalue weighted by atomic mass is 79.9. The van der Waals surface area contributed by atoms with E-state index < -0.39 is 80.9 Å². The quantitative estimate of drug-likeness (QED) is 0.292. The van der Waals surface area contributed by atoms with E-state index in [9.17, 15) is 48.3 Å². The highest BCUT2D eigenvalue weighted by Crippen LogP contribution is 2.42. The molecule has 1 unspecified atom stereocenters. The van der Waals surface area contributed by atoms with Crippen LogP contribution in [0.5, 0.6) is 0 Å². The summed E-state index contributed by atoms with van der Waals surface area (Å²) in [6.07, 6.45) is -4.74. The second-order valence-electron chi connectivity index (χ2n) is 9.02. The van der Waals surface area contributed by atoms with Crippen molar-refractivity contribution in [3.63, 3.8) is 0 Å². The van der Waals surface area contributed by atoms with Gasteiger partial charge in [-0.2, -0.15) is 30.6 Å². The molecule has 3 aromatic rings. The number of sulfonamides is 1. The summed E-state index contributed by atoms with van der Waals surface area (Å²) in [5, 5.41) is 0. The second-order valence-corrected chi connectivity index (χ2v) is 11.8. The van der Waals surface area contributed by atoms with Crippen LogP contribution in [0.2, 0.25) is 0 Å². The Labute approximate surface area is 236 Å². The number of halogens is 9. The molecule has 0 aliphatic carbocycles. The molecule has 220 valence electrons. The predicted molar refractivity (Wildman–Crippen MR) is 134 cm³/mol. The van der Waals surface area contributed by atoms with E-state index in [0.717, 1.165) is 35.2 Å². The van der Waals surface area contributed by atoms with E-state index in [1.165, 1.54) is 12.1 Å². The summed E-state index contributed by atoms with van der Waals surface area (Å²) in [5.41, 5.74) is -8.68. The molecule has 41 heavy (non-hydrogen) atoms. The van der Waals surface area contributed by atoms with Crippen LogP contribution in [0.15, 0.2) is 59.2 Å². The minimum atomic E-state index is -6.17. The number of hydrogen-bond donors (Lipinski definition) is 0. The maximum absolute atomic E-state index is 14.0. The first-order chi connectivity index (χ1) is 19.0. The number of pyridine rings is 1. The maximum Gasteiger partial charge on any atom is 0.511 e. The topological polar surface area (TPSA) is 70.6 Å². The molecule has 1 aliphatic rings. The van der Waals surface area contributed by atoms with Crippen LogP contribution in [0.3, 0.4) is 0 Å². The number of nitrogens with zero attached hydrogens (tertiary/aromatic N) is 3. The number of hydrogen-bond acceptors (Lipinski definition) is 4. The Kier molecular flexibility index (Phi) is 8.49. The van der Waals surface area contributed by atoms with Crippen molar-refractivity contribution >= 4 is 37.5 Å². The Balaban J connectivity index is 1.93. The molecule has 2 heterocycles. The number of aryl methyl sites for hydroxylation is 1. The zero-order valence-electron chi connectivity index (χ0n) is 20.5. The van der Waals surface area contributed by atoms with Crippen molar-refractivity contribution in [2.24, 2.45) is 0 Å². The van der Waals surface area contributed by atoms with Gasteiger partial charge in [-0.15, -0.1) is 0 Å². The lowest BCUT2D eigenvalue weighted by Crippen LogP contribution is -2.49. The summed E-state index contributed by atoms with van der Waals surface area (Å²) in [6.45, 7) is -2.38. The zero-order chi connectivity index (χ0) is 30.3. The molecule has 6 nitrogen and oxygen atoms in total. The van der Waals surface area contributed by atoms with Gasteiger partial charge >= 0.3 is 21.7 Å². The van der Waals surface area contributed by atoms with Crippen LogP contribution in [0.4, 0.5) is 40.8 Å². The van der Waals surface area contributed by atoms with Gasteiger partial charge in [0.25, 0.3) is 5.91 Å². The van der Waals surface area contributed by atoms with Crippen LogP contribution >= 0.6 is 15.9 Å². The number of carbonyl (C=O) groups is 1. The van der Waals surface area contributed by atoms with Crippen molar-refractivity contribution in [1.82, 2.24) is 9.29 Å². The van der Waals surface area contributed by atoms with Gasteiger partial charge in [-0.05, 0) is 64.7 Å². The number of carbonyl (C=O) groups excluding carboxylic acids is 1. The Bertz CT molecular complexity index is 1560.